The number of Topliss-reactive ketones (excluding diaryl/α,β-unsaturated/α-hetero) is 1. The van der Waals surface area contributed by atoms with Crippen LogP contribution in [0.4, 0.5) is 0 Å². The molecule has 102 valence electrons. The molecular formula is C15H15N3OS. The Bertz CT molecular complexity index is 744. The molecule has 0 saturated carbocycles. The molecule has 0 spiro atoms. The van der Waals surface area contributed by atoms with E-state index >= 15 is 0 Å². The fourth-order valence-corrected chi connectivity index (χ4v) is 2.59. The lowest BCUT2D eigenvalue weighted by Gasteiger charge is -2.03. The summed E-state index contributed by atoms with van der Waals surface area (Å²) in [6, 6.07) is 5.92. The van der Waals surface area contributed by atoms with Gasteiger partial charge in [-0.25, -0.2) is 9.97 Å². The molecule has 20 heavy (non-hydrogen) atoms. The molecule has 2 heterocycles. The first-order valence-electron chi connectivity index (χ1n) is 6.54. The van der Waals surface area contributed by atoms with Gasteiger partial charge in [0, 0.05) is 23.9 Å². The van der Waals surface area contributed by atoms with Crippen LogP contribution in [0.2, 0.25) is 0 Å². The van der Waals surface area contributed by atoms with Gasteiger partial charge in [0.2, 0.25) is 0 Å². The van der Waals surface area contributed by atoms with Gasteiger partial charge in [-0.2, -0.15) is 0 Å². The molecule has 3 aromatic rings. The fraction of sp³-hybridized carbons (Fsp3) is 0.267. The van der Waals surface area contributed by atoms with Gasteiger partial charge in [0.25, 0.3) is 0 Å². The van der Waals surface area contributed by atoms with Crippen LogP contribution in [0.5, 0.6) is 0 Å². The number of thiazole rings is 1. The van der Waals surface area contributed by atoms with Gasteiger partial charge in [0.05, 0.1) is 11.0 Å². The number of nitrogens with zero attached hydrogens (tertiary/aromatic N) is 2. The number of aromatic nitrogens is 3. The molecule has 0 bridgehead atoms. The Morgan fingerprint density at radius 1 is 1.40 bits per heavy atom. The number of carbonyl (C=O) groups excluding carboxylic acids is 1. The molecule has 4 nitrogen and oxygen atoms in total. The average molecular weight is 285 g/mol. The topological polar surface area (TPSA) is 58.6 Å². The van der Waals surface area contributed by atoms with E-state index in [1.54, 1.807) is 17.5 Å². The Labute approximate surface area is 120 Å². The zero-order valence-corrected chi connectivity index (χ0v) is 12.2. The van der Waals surface area contributed by atoms with Gasteiger partial charge in [-0.3, -0.25) is 4.79 Å². The SMILES string of the molecule is CC(C)C(=O)Cc1ccc2nc(-c3nccs3)[nH]c2c1. The van der Waals surface area contributed by atoms with Gasteiger partial charge in [0.1, 0.15) is 5.78 Å². The molecule has 5 heteroatoms. The summed E-state index contributed by atoms with van der Waals surface area (Å²) in [5, 5.41) is 2.80. The highest BCUT2D eigenvalue weighted by Crippen LogP contribution is 2.23. The number of rotatable bonds is 4. The maximum absolute atomic E-state index is 11.8. The lowest BCUT2D eigenvalue weighted by atomic mass is 10.0. The number of hydrogen-bond donors (Lipinski definition) is 1. The molecule has 0 unspecified atom stereocenters. The van der Waals surface area contributed by atoms with E-state index < -0.39 is 0 Å². The zero-order valence-electron chi connectivity index (χ0n) is 11.4. The third kappa shape index (κ3) is 2.49. The van der Waals surface area contributed by atoms with Crippen LogP contribution in [0.1, 0.15) is 19.4 Å². The Balaban J connectivity index is 1.93. The van der Waals surface area contributed by atoms with E-state index in [1.807, 2.05) is 37.4 Å². The van der Waals surface area contributed by atoms with Crippen LogP contribution in [0.25, 0.3) is 21.9 Å². The monoisotopic (exact) mass is 285 g/mol. The maximum Gasteiger partial charge on any atom is 0.167 e. The Morgan fingerprint density at radius 3 is 2.95 bits per heavy atom. The van der Waals surface area contributed by atoms with Gasteiger partial charge in [0.15, 0.2) is 10.8 Å². The number of aromatic amines is 1. The molecule has 0 amide bonds. The van der Waals surface area contributed by atoms with Gasteiger partial charge in [-0.05, 0) is 17.7 Å². The third-order valence-electron chi connectivity index (χ3n) is 3.20. The van der Waals surface area contributed by atoms with E-state index in [4.69, 9.17) is 0 Å². The molecule has 2 aromatic heterocycles. The summed E-state index contributed by atoms with van der Waals surface area (Å²) in [6.07, 6.45) is 2.24. The van der Waals surface area contributed by atoms with E-state index in [2.05, 4.69) is 15.0 Å². The molecule has 1 aromatic carbocycles. The van der Waals surface area contributed by atoms with E-state index in [0.29, 0.717) is 6.42 Å². The largest absolute Gasteiger partial charge is 0.336 e. The Morgan fingerprint density at radius 2 is 2.25 bits per heavy atom. The number of H-pyrrole nitrogens is 1. The van der Waals surface area contributed by atoms with Crippen molar-refractivity contribution in [3.63, 3.8) is 0 Å². The third-order valence-corrected chi connectivity index (χ3v) is 3.98. The number of fused-ring (bicyclic) bond motifs is 1. The van der Waals surface area contributed by atoms with Crippen LogP contribution in [-0.4, -0.2) is 20.7 Å². The lowest BCUT2D eigenvalue weighted by molar-refractivity contribution is -0.121. The molecule has 0 aliphatic carbocycles. The molecule has 0 fully saturated rings. The molecule has 0 aliphatic heterocycles. The van der Waals surface area contributed by atoms with Crippen LogP contribution in [0.15, 0.2) is 29.8 Å². The molecule has 0 radical (unpaired) electrons. The number of benzene rings is 1. The molecule has 0 saturated heterocycles. The van der Waals surface area contributed by atoms with Crippen LogP contribution < -0.4 is 0 Å². The van der Waals surface area contributed by atoms with Crippen LogP contribution in [0.3, 0.4) is 0 Å². The van der Waals surface area contributed by atoms with Crippen molar-refractivity contribution in [3.05, 3.63) is 35.3 Å². The number of imidazole rings is 1. The fourth-order valence-electron chi connectivity index (χ4n) is 2.01. The first-order chi connectivity index (χ1) is 9.63. The van der Waals surface area contributed by atoms with E-state index in [0.717, 1.165) is 27.4 Å². The number of hydrogen-bond acceptors (Lipinski definition) is 4. The van der Waals surface area contributed by atoms with Crippen molar-refractivity contribution < 1.29 is 4.79 Å². The summed E-state index contributed by atoms with van der Waals surface area (Å²) < 4.78 is 0. The second-order valence-corrected chi connectivity index (χ2v) is 5.97. The predicted octanol–water partition coefficient (Wildman–Crippen LogP) is 3.45. The average Bonchev–Trinajstić information content (AvgIpc) is 3.06. The summed E-state index contributed by atoms with van der Waals surface area (Å²) in [4.78, 5) is 23.8. The minimum absolute atomic E-state index is 0.0679. The number of carbonyl (C=O) groups is 1. The van der Waals surface area contributed by atoms with Crippen LogP contribution >= 0.6 is 11.3 Å². The van der Waals surface area contributed by atoms with E-state index in [1.165, 1.54) is 0 Å². The standard InChI is InChI=1S/C15H15N3OS/c1-9(2)13(19)8-10-3-4-11-12(7-10)18-14(17-11)15-16-5-6-20-15/h3-7,9H,8H2,1-2H3,(H,17,18). The van der Waals surface area contributed by atoms with Crippen LogP contribution in [-0.2, 0) is 11.2 Å². The second kappa shape index (κ2) is 5.17. The van der Waals surface area contributed by atoms with Crippen molar-refractivity contribution in [1.82, 2.24) is 15.0 Å². The van der Waals surface area contributed by atoms with E-state index in [-0.39, 0.29) is 11.7 Å². The molecule has 0 atom stereocenters. The summed E-state index contributed by atoms with van der Waals surface area (Å²) >= 11 is 1.55. The van der Waals surface area contributed by atoms with Crippen molar-refractivity contribution in [2.75, 3.05) is 0 Å². The van der Waals surface area contributed by atoms with Gasteiger partial charge >= 0.3 is 0 Å². The van der Waals surface area contributed by atoms with Gasteiger partial charge in [-0.15, -0.1) is 11.3 Å². The highest BCUT2D eigenvalue weighted by molar-refractivity contribution is 7.13. The lowest BCUT2D eigenvalue weighted by Crippen LogP contribution is -2.09. The highest BCUT2D eigenvalue weighted by atomic mass is 32.1. The summed E-state index contributed by atoms with van der Waals surface area (Å²) in [5.41, 5.74) is 2.87. The van der Waals surface area contributed by atoms with Crippen LogP contribution in [0, 0.1) is 5.92 Å². The van der Waals surface area contributed by atoms with E-state index in [9.17, 15) is 4.79 Å². The first-order valence-corrected chi connectivity index (χ1v) is 7.42. The minimum atomic E-state index is 0.0679. The van der Waals surface area contributed by atoms with Gasteiger partial charge < -0.3 is 4.98 Å². The Kier molecular flexibility index (Phi) is 3.36. The summed E-state index contributed by atoms with van der Waals surface area (Å²) in [5.74, 6) is 1.10. The summed E-state index contributed by atoms with van der Waals surface area (Å²) in [6.45, 7) is 3.86. The quantitative estimate of drug-likeness (QED) is 0.798. The smallest absolute Gasteiger partial charge is 0.167 e. The second-order valence-electron chi connectivity index (χ2n) is 5.07. The minimum Gasteiger partial charge on any atom is -0.336 e. The zero-order chi connectivity index (χ0) is 14.1. The molecular weight excluding hydrogens is 270 g/mol. The van der Waals surface area contributed by atoms with Crippen molar-refractivity contribution in [1.29, 1.82) is 0 Å². The van der Waals surface area contributed by atoms with Crippen molar-refractivity contribution in [2.24, 2.45) is 5.92 Å². The van der Waals surface area contributed by atoms with Crippen molar-refractivity contribution >= 4 is 28.2 Å². The molecule has 1 N–H and O–H groups in total. The highest BCUT2D eigenvalue weighted by Gasteiger charge is 2.11. The normalized spacial score (nSPS) is 11.3. The number of nitrogens with one attached hydrogen (secondary N) is 1. The molecule has 3 rings (SSSR count). The van der Waals surface area contributed by atoms with Gasteiger partial charge in [-0.1, -0.05) is 19.9 Å². The van der Waals surface area contributed by atoms with Crippen molar-refractivity contribution in [2.45, 2.75) is 20.3 Å². The molecule has 0 aliphatic rings. The maximum atomic E-state index is 11.8. The first kappa shape index (κ1) is 13.0. The Hall–Kier alpha value is -2.01. The summed E-state index contributed by atoms with van der Waals surface area (Å²) in [7, 11) is 0. The predicted molar refractivity (Wildman–Crippen MR) is 80.8 cm³/mol. The van der Waals surface area contributed by atoms with Crippen molar-refractivity contribution in [3.8, 4) is 10.8 Å². The number of ketones is 1.